The Morgan fingerprint density at radius 3 is 2.30 bits per heavy atom. The van der Waals surface area contributed by atoms with Gasteiger partial charge in [-0.1, -0.05) is 55.8 Å². The molecule has 4 nitrogen and oxygen atoms in total. The van der Waals surface area contributed by atoms with Gasteiger partial charge in [-0.15, -0.1) is 0 Å². The second-order valence-corrected chi connectivity index (χ2v) is 19.1. The Kier molecular flexibility index (Phi) is 3.76. The third-order valence-corrected chi connectivity index (χ3v) is 9.69. The highest BCUT2D eigenvalue weighted by molar-refractivity contribution is 6.90. The Balaban J connectivity index is 2.25. The number of hydrogen-bond acceptors (Lipinski definition) is 2. The molecule has 0 aromatic carbocycles. The summed E-state index contributed by atoms with van der Waals surface area (Å²) in [5, 5.41) is 5.49. The molecule has 3 aliphatic rings. The molecule has 3 rings (SSSR count). The molecule has 1 N–H and O–H groups in total. The van der Waals surface area contributed by atoms with E-state index in [1.807, 2.05) is 4.90 Å². The Morgan fingerprint density at radius 2 is 1.74 bits per heavy atom. The van der Waals surface area contributed by atoms with Crippen molar-refractivity contribution >= 4 is 28.1 Å². The summed E-state index contributed by atoms with van der Waals surface area (Å²) in [7, 11) is -3.23. The molecule has 0 aromatic heterocycles. The van der Waals surface area contributed by atoms with E-state index in [-0.39, 0.29) is 23.9 Å². The van der Waals surface area contributed by atoms with Crippen molar-refractivity contribution in [3.05, 3.63) is 22.0 Å². The number of urea groups is 1. The van der Waals surface area contributed by atoms with Crippen molar-refractivity contribution < 1.29 is 9.59 Å². The molecule has 0 bridgehead atoms. The molecular weight excluding hydrogens is 320 g/mol. The summed E-state index contributed by atoms with van der Waals surface area (Å²) in [5.74, 6) is -0.224. The van der Waals surface area contributed by atoms with Crippen LogP contribution in [0.5, 0.6) is 0 Å². The summed E-state index contributed by atoms with van der Waals surface area (Å²) in [6.45, 7) is 14.9. The standard InChI is InChI=1S/C17H28N2O2Si2/c1-22(2,3)12-10-11-8-7-9-19-14(11)13(15(12)23(4,5)6)16(20)18-17(19)21/h10,13-14H,7-9H2,1-6H3,(H,18,20,21)/t13-,14-/m0/s1. The van der Waals surface area contributed by atoms with Crippen molar-refractivity contribution in [3.8, 4) is 0 Å². The second-order valence-electron chi connectivity index (χ2n) is 9.06. The van der Waals surface area contributed by atoms with Crippen LogP contribution in [0.15, 0.2) is 22.0 Å². The molecule has 2 saturated heterocycles. The average molecular weight is 349 g/mol. The third kappa shape index (κ3) is 2.65. The monoisotopic (exact) mass is 348 g/mol. The van der Waals surface area contributed by atoms with Crippen molar-refractivity contribution in [2.24, 2.45) is 5.92 Å². The van der Waals surface area contributed by atoms with Crippen molar-refractivity contribution in [2.75, 3.05) is 6.54 Å². The number of carbonyl (C=O) groups excluding carboxylic acids is 2. The number of nitrogens with zero attached hydrogens (tertiary/aromatic N) is 1. The maximum Gasteiger partial charge on any atom is 0.324 e. The number of piperidine rings is 1. The first-order chi connectivity index (χ1) is 10.5. The van der Waals surface area contributed by atoms with Crippen molar-refractivity contribution in [3.63, 3.8) is 0 Å². The van der Waals surface area contributed by atoms with Gasteiger partial charge in [0.2, 0.25) is 5.91 Å². The minimum atomic E-state index is -1.68. The maximum atomic E-state index is 12.8. The number of amides is 3. The SMILES string of the molecule is C[Si](C)(C)C1=C([Si](C)(C)C)[C@H]2C(=O)NC(=O)N3CCCC(=C1)[C@@H]23. The molecule has 6 heteroatoms. The summed E-state index contributed by atoms with van der Waals surface area (Å²) in [6.07, 6.45) is 4.40. The van der Waals surface area contributed by atoms with Crippen LogP contribution in [0.3, 0.4) is 0 Å². The summed E-state index contributed by atoms with van der Waals surface area (Å²) in [5.41, 5.74) is 1.31. The van der Waals surface area contributed by atoms with Crippen molar-refractivity contribution in [1.82, 2.24) is 10.2 Å². The minimum Gasteiger partial charge on any atom is -0.317 e. The van der Waals surface area contributed by atoms with Gasteiger partial charge in [-0.2, -0.15) is 0 Å². The molecule has 0 unspecified atom stereocenters. The predicted molar refractivity (Wildman–Crippen MR) is 98.6 cm³/mol. The Morgan fingerprint density at radius 1 is 1.09 bits per heavy atom. The van der Waals surface area contributed by atoms with Gasteiger partial charge < -0.3 is 4.90 Å². The number of rotatable bonds is 2. The molecule has 2 aliphatic heterocycles. The number of hydrogen-bond donors (Lipinski definition) is 1. The van der Waals surface area contributed by atoms with Gasteiger partial charge in [0.25, 0.3) is 0 Å². The number of imide groups is 1. The molecule has 2 fully saturated rings. The quantitative estimate of drug-likeness (QED) is 0.778. The van der Waals surface area contributed by atoms with E-state index in [9.17, 15) is 9.59 Å². The lowest BCUT2D eigenvalue weighted by molar-refractivity contribution is -0.126. The Labute approximate surface area is 141 Å². The molecule has 2 heterocycles. The fourth-order valence-electron chi connectivity index (χ4n) is 4.33. The Bertz CT molecular complexity index is 638. The summed E-state index contributed by atoms with van der Waals surface area (Å²) >= 11 is 0. The normalized spacial score (nSPS) is 28.4. The van der Waals surface area contributed by atoms with Crippen LogP contribution in [0.2, 0.25) is 39.3 Å². The Hall–Kier alpha value is -1.15. The number of allylic oxidation sites excluding steroid dienone is 2. The van der Waals surface area contributed by atoms with E-state index in [1.54, 1.807) is 0 Å². The van der Waals surface area contributed by atoms with E-state index in [0.717, 1.165) is 19.4 Å². The fraction of sp³-hybridized carbons (Fsp3) is 0.647. The minimum absolute atomic E-state index is 0.0215. The highest BCUT2D eigenvalue weighted by atomic mass is 28.3. The number of carbonyl (C=O) groups is 2. The molecule has 1 aliphatic carbocycles. The molecule has 2 atom stereocenters. The van der Waals surface area contributed by atoms with Gasteiger partial charge in [0.1, 0.15) is 0 Å². The molecular formula is C17H28N2O2Si2. The molecule has 126 valence electrons. The van der Waals surface area contributed by atoms with Crippen LogP contribution in [0.1, 0.15) is 12.8 Å². The van der Waals surface area contributed by atoms with Crippen LogP contribution in [0.25, 0.3) is 0 Å². The molecule has 0 aromatic rings. The van der Waals surface area contributed by atoms with Crippen LogP contribution in [-0.4, -0.2) is 45.6 Å². The van der Waals surface area contributed by atoms with Gasteiger partial charge in [0.15, 0.2) is 0 Å². The smallest absolute Gasteiger partial charge is 0.317 e. The van der Waals surface area contributed by atoms with E-state index in [2.05, 4.69) is 50.7 Å². The highest BCUT2D eigenvalue weighted by Crippen LogP contribution is 2.45. The molecule has 0 radical (unpaired) electrons. The van der Waals surface area contributed by atoms with Gasteiger partial charge >= 0.3 is 6.03 Å². The summed E-state index contributed by atoms with van der Waals surface area (Å²) in [4.78, 5) is 27.0. The van der Waals surface area contributed by atoms with E-state index >= 15 is 0 Å². The van der Waals surface area contributed by atoms with E-state index in [1.165, 1.54) is 16.0 Å². The zero-order valence-corrected chi connectivity index (χ0v) is 17.1. The van der Waals surface area contributed by atoms with Gasteiger partial charge in [0.05, 0.1) is 28.1 Å². The van der Waals surface area contributed by atoms with Crippen LogP contribution < -0.4 is 5.32 Å². The van der Waals surface area contributed by atoms with E-state index < -0.39 is 16.1 Å². The van der Waals surface area contributed by atoms with Crippen molar-refractivity contribution in [2.45, 2.75) is 58.2 Å². The largest absolute Gasteiger partial charge is 0.324 e. The lowest BCUT2D eigenvalue weighted by atomic mass is 9.80. The van der Waals surface area contributed by atoms with Gasteiger partial charge in [0, 0.05) is 6.54 Å². The van der Waals surface area contributed by atoms with E-state index in [4.69, 9.17) is 0 Å². The van der Waals surface area contributed by atoms with Crippen LogP contribution in [0.4, 0.5) is 4.79 Å². The number of nitrogens with one attached hydrogen (secondary N) is 1. The van der Waals surface area contributed by atoms with E-state index in [0.29, 0.717) is 0 Å². The fourth-order valence-corrected chi connectivity index (χ4v) is 10.3. The average Bonchev–Trinajstić information content (AvgIpc) is 2.41. The highest BCUT2D eigenvalue weighted by Gasteiger charge is 2.51. The zero-order chi connectivity index (χ0) is 17.2. The summed E-state index contributed by atoms with van der Waals surface area (Å²) in [6, 6.07) is -0.222. The van der Waals surface area contributed by atoms with Crippen LogP contribution >= 0.6 is 0 Å². The molecule has 23 heavy (non-hydrogen) atoms. The maximum absolute atomic E-state index is 12.8. The lowest BCUT2D eigenvalue weighted by Crippen LogP contribution is -2.65. The lowest BCUT2D eigenvalue weighted by Gasteiger charge is -2.50. The first-order valence-corrected chi connectivity index (χ1v) is 15.6. The predicted octanol–water partition coefficient (Wildman–Crippen LogP) is 3.31. The molecule has 0 spiro atoms. The zero-order valence-electron chi connectivity index (χ0n) is 15.1. The second kappa shape index (κ2) is 5.18. The van der Waals surface area contributed by atoms with Crippen molar-refractivity contribution in [1.29, 1.82) is 0 Å². The third-order valence-electron chi connectivity index (χ3n) is 5.22. The summed E-state index contributed by atoms with van der Waals surface area (Å²) < 4.78 is 0. The first-order valence-electron chi connectivity index (χ1n) is 8.59. The first kappa shape index (κ1) is 16.7. The van der Waals surface area contributed by atoms with Gasteiger partial charge in [-0.05, 0) is 18.4 Å². The molecule has 0 saturated carbocycles. The topological polar surface area (TPSA) is 49.4 Å². The van der Waals surface area contributed by atoms with Crippen LogP contribution in [-0.2, 0) is 4.79 Å². The van der Waals surface area contributed by atoms with Gasteiger partial charge in [-0.3, -0.25) is 10.1 Å². The van der Waals surface area contributed by atoms with Crippen LogP contribution in [0, 0.1) is 5.92 Å². The van der Waals surface area contributed by atoms with Gasteiger partial charge in [-0.25, -0.2) is 4.79 Å². The molecule has 3 amide bonds.